The van der Waals surface area contributed by atoms with Gasteiger partial charge in [0.2, 0.25) is 5.91 Å². The molecule has 5 fully saturated rings. The molecule has 5 nitrogen and oxygen atoms in total. The van der Waals surface area contributed by atoms with Gasteiger partial charge in [-0.05, 0) is 86.9 Å². The molecule has 0 spiro atoms. The SMILES string of the molecule is CCOC(=O)[C@H]1C[C@H]2NC(=O)CC[C@]2(C)[C@H]2CC[C@]3(C)[C@@H](OC4CC4)CC[C@H]3[C@H]12. The number of fused-ring (bicyclic) bond motifs is 5. The average molecular weight is 404 g/mol. The van der Waals surface area contributed by atoms with Crippen LogP contribution in [0.4, 0.5) is 0 Å². The molecule has 1 amide bonds. The lowest BCUT2D eigenvalue weighted by atomic mass is 9.45. The van der Waals surface area contributed by atoms with Gasteiger partial charge in [-0.15, -0.1) is 0 Å². The zero-order valence-electron chi connectivity index (χ0n) is 18.2. The number of hydrogen-bond acceptors (Lipinski definition) is 4. The summed E-state index contributed by atoms with van der Waals surface area (Å²) >= 11 is 0. The van der Waals surface area contributed by atoms with Crippen LogP contribution in [0.5, 0.6) is 0 Å². The van der Waals surface area contributed by atoms with Gasteiger partial charge < -0.3 is 14.8 Å². The van der Waals surface area contributed by atoms with E-state index in [-0.39, 0.29) is 34.7 Å². The van der Waals surface area contributed by atoms with Crippen LogP contribution in [-0.2, 0) is 19.1 Å². The first kappa shape index (κ1) is 19.8. The fourth-order valence-corrected chi connectivity index (χ4v) is 7.81. The molecule has 0 aromatic heterocycles. The summed E-state index contributed by atoms with van der Waals surface area (Å²) in [5.41, 5.74) is 0.272. The summed E-state index contributed by atoms with van der Waals surface area (Å²) in [5.74, 6) is 1.37. The molecule has 1 aliphatic heterocycles. The zero-order chi connectivity index (χ0) is 20.4. The molecular weight excluding hydrogens is 366 g/mol. The minimum absolute atomic E-state index is 0.0415. The number of esters is 1. The molecular formula is C24H37NO4. The minimum atomic E-state index is -0.0966. The number of carbonyl (C=O) groups is 2. The maximum Gasteiger partial charge on any atom is 0.309 e. The molecule has 0 aromatic rings. The van der Waals surface area contributed by atoms with Crippen molar-refractivity contribution in [3.05, 3.63) is 0 Å². The molecule has 1 N–H and O–H groups in total. The third kappa shape index (κ3) is 3.05. The predicted octanol–water partition coefficient (Wildman–Crippen LogP) is 3.84. The van der Waals surface area contributed by atoms with Crippen LogP contribution in [0.3, 0.4) is 0 Å². The highest BCUT2D eigenvalue weighted by Crippen LogP contribution is 2.66. The Hall–Kier alpha value is -1.10. The van der Waals surface area contributed by atoms with Crippen LogP contribution < -0.4 is 5.32 Å². The van der Waals surface area contributed by atoms with Gasteiger partial charge in [0.25, 0.3) is 0 Å². The Morgan fingerprint density at radius 1 is 1.07 bits per heavy atom. The lowest BCUT2D eigenvalue weighted by Gasteiger charge is -2.61. The summed E-state index contributed by atoms with van der Waals surface area (Å²) in [7, 11) is 0. The fourth-order valence-electron chi connectivity index (χ4n) is 7.81. The van der Waals surface area contributed by atoms with E-state index in [1.54, 1.807) is 0 Å². The van der Waals surface area contributed by atoms with Crippen LogP contribution in [0.15, 0.2) is 0 Å². The summed E-state index contributed by atoms with van der Waals surface area (Å²) < 4.78 is 12.1. The van der Waals surface area contributed by atoms with E-state index in [0.29, 0.717) is 43.0 Å². The molecule has 1 heterocycles. The van der Waals surface area contributed by atoms with E-state index in [9.17, 15) is 9.59 Å². The highest BCUT2D eigenvalue weighted by atomic mass is 16.5. The number of rotatable bonds is 4. The number of amides is 1. The van der Waals surface area contributed by atoms with Gasteiger partial charge in [0.15, 0.2) is 0 Å². The quantitative estimate of drug-likeness (QED) is 0.724. The first-order valence-electron chi connectivity index (χ1n) is 12.0. The lowest BCUT2D eigenvalue weighted by Crippen LogP contribution is -2.64. The molecule has 5 aliphatic rings. The minimum Gasteiger partial charge on any atom is -0.466 e. The predicted molar refractivity (Wildman–Crippen MR) is 109 cm³/mol. The maximum atomic E-state index is 13.1. The summed E-state index contributed by atoms with van der Waals surface area (Å²) in [5, 5.41) is 3.26. The van der Waals surface area contributed by atoms with Crippen molar-refractivity contribution in [1.29, 1.82) is 0 Å². The number of piperidine rings is 1. The third-order valence-electron chi connectivity index (χ3n) is 9.54. The van der Waals surface area contributed by atoms with Gasteiger partial charge in [0.1, 0.15) is 0 Å². The third-order valence-corrected chi connectivity index (χ3v) is 9.54. The molecule has 5 rings (SSSR count). The van der Waals surface area contributed by atoms with Crippen molar-refractivity contribution in [2.24, 2.45) is 34.5 Å². The second-order valence-electron chi connectivity index (χ2n) is 11.0. The Labute approximate surface area is 174 Å². The molecule has 162 valence electrons. The van der Waals surface area contributed by atoms with Crippen molar-refractivity contribution in [1.82, 2.24) is 5.32 Å². The molecule has 29 heavy (non-hydrogen) atoms. The van der Waals surface area contributed by atoms with Crippen LogP contribution in [0.25, 0.3) is 0 Å². The van der Waals surface area contributed by atoms with E-state index in [1.807, 2.05) is 6.92 Å². The zero-order valence-corrected chi connectivity index (χ0v) is 18.2. The molecule has 1 saturated heterocycles. The van der Waals surface area contributed by atoms with Crippen molar-refractivity contribution < 1.29 is 19.1 Å². The van der Waals surface area contributed by atoms with Crippen LogP contribution in [-0.4, -0.2) is 36.7 Å². The normalized spacial score (nSPS) is 48.9. The summed E-state index contributed by atoms with van der Waals surface area (Å²) in [6, 6.07) is 0.101. The Morgan fingerprint density at radius 2 is 1.83 bits per heavy atom. The number of ether oxygens (including phenoxy) is 2. The molecule has 0 aromatic carbocycles. The van der Waals surface area contributed by atoms with Crippen LogP contribution in [0, 0.1) is 34.5 Å². The maximum absolute atomic E-state index is 13.1. The fraction of sp³-hybridized carbons (Fsp3) is 0.917. The van der Waals surface area contributed by atoms with E-state index in [0.717, 1.165) is 32.1 Å². The van der Waals surface area contributed by atoms with Crippen molar-refractivity contribution in [3.8, 4) is 0 Å². The van der Waals surface area contributed by atoms with E-state index < -0.39 is 0 Å². The summed E-state index contributed by atoms with van der Waals surface area (Å²) in [6.07, 6.45) is 10.2. The molecule has 0 bridgehead atoms. The van der Waals surface area contributed by atoms with Crippen molar-refractivity contribution in [2.45, 2.75) is 96.8 Å². The van der Waals surface area contributed by atoms with Gasteiger partial charge in [-0.2, -0.15) is 0 Å². The number of carbonyl (C=O) groups excluding carboxylic acids is 2. The average Bonchev–Trinajstić information content (AvgIpc) is 3.44. The highest BCUT2D eigenvalue weighted by Gasteiger charge is 2.64. The van der Waals surface area contributed by atoms with Crippen LogP contribution >= 0.6 is 0 Å². The number of hydrogen-bond donors (Lipinski definition) is 1. The molecule has 5 heteroatoms. The monoisotopic (exact) mass is 403 g/mol. The topological polar surface area (TPSA) is 64.6 Å². The molecule has 4 aliphatic carbocycles. The Bertz CT molecular complexity index is 690. The second-order valence-corrected chi connectivity index (χ2v) is 11.0. The van der Waals surface area contributed by atoms with Gasteiger partial charge in [-0.3, -0.25) is 9.59 Å². The Kier molecular flexibility index (Phi) is 4.76. The summed E-state index contributed by atoms with van der Waals surface area (Å²) in [4.78, 5) is 25.3. The van der Waals surface area contributed by atoms with Gasteiger partial charge in [0.05, 0.1) is 24.7 Å². The molecule has 0 unspecified atom stereocenters. The first-order valence-corrected chi connectivity index (χ1v) is 12.0. The Morgan fingerprint density at radius 3 is 2.55 bits per heavy atom. The largest absolute Gasteiger partial charge is 0.466 e. The van der Waals surface area contributed by atoms with Gasteiger partial charge in [-0.1, -0.05) is 13.8 Å². The van der Waals surface area contributed by atoms with Gasteiger partial charge in [-0.25, -0.2) is 0 Å². The van der Waals surface area contributed by atoms with E-state index in [4.69, 9.17) is 9.47 Å². The summed E-state index contributed by atoms with van der Waals surface area (Å²) in [6.45, 7) is 7.14. The smallest absolute Gasteiger partial charge is 0.309 e. The van der Waals surface area contributed by atoms with Crippen molar-refractivity contribution in [3.63, 3.8) is 0 Å². The lowest BCUT2D eigenvalue weighted by molar-refractivity contribution is -0.176. The number of nitrogens with one attached hydrogen (secondary N) is 1. The van der Waals surface area contributed by atoms with Crippen LogP contribution in [0.1, 0.15) is 78.6 Å². The van der Waals surface area contributed by atoms with Gasteiger partial charge in [0, 0.05) is 12.5 Å². The van der Waals surface area contributed by atoms with Crippen molar-refractivity contribution in [2.75, 3.05) is 6.61 Å². The van der Waals surface area contributed by atoms with Crippen LogP contribution in [0.2, 0.25) is 0 Å². The molecule has 8 atom stereocenters. The standard InChI is InChI=1S/C24H37NO4/c1-4-28-22(27)15-13-18-23(2,12-10-20(26)25-18)17-9-11-24(3)16(21(15)17)7-8-19(24)29-14-5-6-14/h14-19,21H,4-13H2,1-3H3,(H,25,26)/t15-,16-,17-,18+,19-,21-,23+,24-/m0/s1. The highest BCUT2D eigenvalue weighted by molar-refractivity contribution is 5.78. The van der Waals surface area contributed by atoms with Crippen molar-refractivity contribution >= 4 is 11.9 Å². The Balaban J connectivity index is 1.48. The van der Waals surface area contributed by atoms with E-state index >= 15 is 0 Å². The van der Waals surface area contributed by atoms with E-state index in [1.165, 1.54) is 19.3 Å². The van der Waals surface area contributed by atoms with Gasteiger partial charge >= 0.3 is 5.97 Å². The first-order chi connectivity index (χ1) is 13.9. The van der Waals surface area contributed by atoms with E-state index in [2.05, 4.69) is 19.2 Å². The molecule has 0 radical (unpaired) electrons. The molecule has 4 saturated carbocycles. The second kappa shape index (κ2) is 6.96.